The molecule has 0 saturated heterocycles. The van der Waals surface area contributed by atoms with Gasteiger partial charge in [-0.3, -0.25) is 4.79 Å². The van der Waals surface area contributed by atoms with Gasteiger partial charge in [-0.05, 0) is 43.4 Å². The molecule has 20 heavy (non-hydrogen) atoms. The average Bonchev–Trinajstić information content (AvgIpc) is 2.76. The number of rotatable bonds is 8. The molecule has 3 nitrogen and oxygen atoms in total. The zero-order valence-electron chi connectivity index (χ0n) is 14.1. The first kappa shape index (κ1) is 17.5. The highest BCUT2D eigenvalue weighted by atomic mass is 16.1. The van der Waals surface area contributed by atoms with Gasteiger partial charge in [-0.25, -0.2) is 0 Å². The predicted molar refractivity (Wildman–Crippen MR) is 85.7 cm³/mol. The van der Waals surface area contributed by atoms with Crippen molar-refractivity contribution in [2.24, 2.45) is 17.3 Å². The van der Waals surface area contributed by atoms with E-state index >= 15 is 0 Å². The maximum absolute atomic E-state index is 11.9. The largest absolute Gasteiger partial charge is 0.352 e. The van der Waals surface area contributed by atoms with Gasteiger partial charge in [0.1, 0.15) is 0 Å². The fourth-order valence-electron chi connectivity index (χ4n) is 3.36. The molecule has 0 aliphatic heterocycles. The van der Waals surface area contributed by atoms with E-state index in [4.69, 9.17) is 0 Å². The lowest BCUT2D eigenvalue weighted by molar-refractivity contribution is -0.121. The van der Waals surface area contributed by atoms with E-state index in [-0.39, 0.29) is 11.9 Å². The number of carbonyl (C=O) groups excluding carboxylic acids is 1. The molecule has 0 spiro atoms. The maximum Gasteiger partial charge on any atom is 0.234 e. The van der Waals surface area contributed by atoms with Gasteiger partial charge in [0, 0.05) is 12.6 Å². The van der Waals surface area contributed by atoms with Gasteiger partial charge in [0.15, 0.2) is 0 Å². The molecule has 1 aliphatic carbocycles. The monoisotopic (exact) mass is 282 g/mol. The molecule has 118 valence electrons. The quantitative estimate of drug-likeness (QED) is 0.717. The van der Waals surface area contributed by atoms with Crippen LogP contribution in [0.25, 0.3) is 0 Å². The van der Waals surface area contributed by atoms with Crippen molar-refractivity contribution in [2.75, 3.05) is 13.1 Å². The first-order valence-corrected chi connectivity index (χ1v) is 8.35. The van der Waals surface area contributed by atoms with Crippen molar-refractivity contribution in [1.82, 2.24) is 10.6 Å². The third-order valence-electron chi connectivity index (χ3n) is 4.68. The minimum absolute atomic E-state index is 0.129. The molecule has 0 radical (unpaired) electrons. The van der Waals surface area contributed by atoms with Crippen molar-refractivity contribution in [3.63, 3.8) is 0 Å². The van der Waals surface area contributed by atoms with Crippen LogP contribution in [0.1, 0.15) is 66.7 Å². The minimum atomic E-state index is 0.129. The standard InChI is InChI=1S/C17H34N2O/c1-13(2)10-17(8-6-7-9-17)12-18-11-16(20)19-15(5)14(3)4/h13-15,18H,6-12H2,1-5H3,(H,19,20). The first-order chi connectivity index (χ1) is 9.34. The molecule has 1 fully saturated rings. The number of hydrogen-bond acceptors (Lipinski definition) is 2. The highest BCUT2D eigenvalue weighted by molar-refractivity contribution is 5.78. The van der Waals surface area contributed by atoms with E-state index in [9.17, 15) is 4.79 Å². The Morgan fingerprint density at radius 2 is 1.70 bits per heavy atom. The van der Waals surface area contributed by atoms with Crippen molar-refractivity contribution in [3.05, 3.63) is 0 Å². The van der Waals surface area contributed by atoms with E-state index in [0.29, 0.717) is 17.9 Å². The third kappa shape index (κ3) is 5.82. The smallest absolute Gasteiger partial charge is 0.234 e. The summed E-state index contributed by atoms with van der Waals surface area (Å²) in [5.74, 6) is 1.36. The molecule has 1 rings (SSSR count). The summed E-state index contributed by atoms with van der Waals surface area (Å²) in [6, 6.07) is 0.250. The van der Waals surface area contributed by atoms with E-state index in [1.807, 2.05) is 0 Å². The van der Waals surface area contributed by atoms with Crippen LogP contribution in [0.3, 0.4) is 0 Å². The Bertz CT molecular complexity index is 293. The lowest BCUT2D eigenvalue weighted by Gasteiger charge is -2.31. The Balaban J connectivity index is 2.32. The molecular formula is C17H34N2O. The molecule has 0 heterocycles. The number of carbonyl (C=O) groups is 1. The normalized spacial score (nSPS) is 19.6. The molecule has 1 atom stereocenters. The summed E-state index contributed by atoms with van der Waals surface area (Å²) >= 11 is 0. The summed E-state index contributed by atoms with van der Waals surface area (Å²) in [6.45, 7) is 12.4. The molecule has 1 aliphatic rings. The molecule has 2 N–H and O–H groups in total. The van der Waals surface area contributed by atoms with E-state index in [2.05, 4.69) is 45.3 Å². The second-order valence-electron chi connectivity index (χ2n) is 7.51. The number of amides is 1. The molecule has 1 saturated carbocycles. The van der Waals surface area contributed by atoms with Crippen molar-refractivity contribution in [1.29, 1.82) is 0 Å². The summed E-state index contributed by atoms with van der Waals surface area (Å²) in [4.78, 5) is 11.9. The lowest BCUT2D eigenvalue weighted by atomic mass is 9.78. The SMILES string of the molecule is CC(C)CC1(CNCC(=O)NC(C)C(C)C)CCCC1. The maximum atomic E-state index is 11.9. The number of hydrogen-bond donors (Lipinski definition) is 2. The molecule has 3 heteroatoms. The van der Waals surface area contributed by atoms with Gasteiger partial charge in [0.25, 0.3) is 0 Å². The van der Waals surface area contributed by atoms with E-state index in [0.717, 1.165) is 12.5 Å². The molecule has 1 amide bonds. The van der Waals surface area contributed by atoms with Crippen LogP contribution in [0.5, 0.6) is 0 Å². The van der Waals surface area contributed by atoms with E-state index in [1.54, 1.807) is 0 Å². The van der Waals surface area contributed by atoms with Crippen LogP contribution in [0.15, 0.2) is 0 Å². The summed E-state index contributed by atoms with van der Waals surface area (Å²) < 4.78 is 0. The average molecular weight is 282 g/mol. The minimum Gasteiger partial charge on any atom is -0.352 e. The van der Waals surface area contributed by atoms with Gasteiger partial charge in [-0.15, -0.1) is 0 Å². The Labute approximate surface area is 125 Å². The van der Waals surface area contributed by atoms with Crippen molar-refractivity contribution < 1.29 is 4.79 Å². The van der Waals surface area contributed by atoms with E-state index < -0.39 is 0 Å². The van der Waals surface area contributed by atoms with Gasteiger partial charge in [0.05, 0.1) is 6.54 Å². The second-order valence-corrected chi connectivity index (χ2v) is 7.51. The van der Waals surface area contributed by atoms with Gasteiger partial charge in [0.2, 0.25) is 5.91 Å². The fourth-order valence-corrected chi connectivity index (χ4v) is 3.36. The van der Waals surface area contributed by atoms with Gasteiger partial charge in [-0.1, -0.05) is 40.5 Å². The third-order valence-corrected chi connectivity index (χ3v) is 4.68. The highest BCUT2D eigenvalue weighted by Gasteiger charge is 2.33. The predicted octanol–water partition coefficient (Wildman–Crippen LogP) is 3.34. The van der Waals surface area contributed by atoms with Crippen LogP contribution in [-0.2, 0) is 4.79 Å². The zero-order valence-corrected chi connectivity index (χ0v) is 14.1. The van der Waals surface area contributed by atoms with Gasteiger partial charge < -0.3 is 10.6 Å². The van der Waals surface area contributed by atoms with Gasteiger partial charge >= 0.3 is 0 Å². The van der Waals surface area contributed by atoms with Crippen molar-refractivity contribution in [2.45, 2.75) is 72.8 Å². The molecule has 0 aromatic carbocycles. The van der Waals surface area contributed by atoms with Crippen LogP contribution in [0.2, 0.25) is 0 Å². The van der Waals surface area contributed by atoms with Crippen LogP contribution in [0.4, 0.5) is 0 Å². The summed E-state index contributed by atoms with van der Waals surface area (Å²) in [6.07, 6.45) is 6.63. The van der Waals surface area contributed by atoms with Crippen LogP contribution >= 0.6 is 0 Å². The van der Waals surface area contributed by atoms with E-state index in [1.165, 1.54) is 32.1 Å². The Hall–Kier alpha value is -0.570. The van der Waals surface area contributed by atoms with Gasteiger partial charge in [-0.2, -0.15) is 0 Å². The Morgan fingerprint density at radius 3 is 2.20 bits per heavy atom. The molecule has 1 unspecified atom stereocenters. The van der Waals surface area contributed by atoms with Crippen LogP contribution in [-0.4, -0.2) is 25.0 Å². The lowest BCUT2D eigenvalue weighted by Crippen LogP contribution is -2.43. The van der Waals surface area contributed by atoms with Crippen LogP contribution < -0.4 is 10.6 Å². The zero-order chi connectivity index (χ0) is 15.2. The summed E-state index contributed by atoms with van der Waals surface area (Å²) in [5, 5.41) is 6.46. The summed E-state index contributed by atoms with van der Waals surface area (Å²) in [7, 11) is 0. The van der Waals surface area contributed by atoms with Crippen molar-refractivity contribution >= 4 is 5.91 Å². The van der Waals surface area contributed by atoms with Crippen molar-refractivity contribution in [3.8, 4) is 0 Å². The van der Waals surface area contributed by atoms with Crippen LogP contribution in [0, 0.1) is 17.3 Å². The Kier molecular flexibility index (Phi) is 7.01. The highest BCUT2D eigenvalue weighted by Crippen LogP contribution is 2.42. The molecular weight excluding hydrogens is 248 g/mol. The number of nitrogens with one attached hydrogen (secondary N) is 2. The Morgan fingerprint density at radius 1 is 1.10 bits per heavy atom. The fraction of sp³-hybridized carbons (Fsp3) is 0.941. The topological polar surface area (TPSA) is 41.1 Å². The molecule has 0 aromatic rings. The summed E-state index contributed by atoms with van der Waals surface area (Å²) in [5.41, 5.74) is 0.443. The molecule has 0 bridgehead atoms. The second kappa shape index (κ2) is 8.02. The molecule has 0 aromatic heterocycles. The first-order valence-electron chi connectivity index (χ1n) is 8.35.